The van der Waals surface area contributed by atoms with Crippen LogP contribution in [0.25, 0.3) is 0 Å². The Kier molecular flexibility index (Phi) is 7.75. The average Bonchev–Trinajstić information content (AvgIpc) is 2.09. The smallest absolute Gasteiger partial charge is 0.312 e. The fourth-order valence-corrected chi connectivity index (χ4v) is 21.3. The van der Waals surface area contributed by atoms with Crippen molar-refractivity contribution in [2.45, 2.75) is 64.5 Å². The molecule has 0 N–H and O–H groups in total. The minimum atomic E-state index is -2.19. The van der Waals surface area contributed by atoms with E-state index in [1.165, 1.54) is 0 Å². The maximum Gasteiger partial charge on any atom is 0.312 e. The summed E-state index contributed by atoms with van der Waals surface area (Å²) in [5, 5.41) is 0. The Morgan fingerprint density at radius 2 is 0.905 bits per heavy atom. The molecule has 7 heteroatoms. The zero-order valence-corrected chi connectivity index (χ0v) is 19.2. The summed E-state index contributed by atoms with van der Waals surface area (Å²) in [4.78, 5) is 0. The van der Waals surface area contributed by atoms with Crippen molar-refractivity contribution in [2.24, 2.45) is 0 Å². The zero-order valence-electron chi connectivity index (χ0n) is 15.2. The molecule has 0 unspecified atom stereocenters. The predicted molar refractivity (Wildman–Crippen MR) is 103 cm³/mol. The van der Waals surface area contributed by atoms with Gasteiger partial charge in [-0.2, -0.15) is 0 Å². The van der Waals surface area contributed by atoms with E-state index in [0.717, 1.165) is 12.1 Å². The van der Waals surface area contributed by atoms with Crippen LogP contribution >= 0.6 is 0 Å². The average molecular weight is 363 g/mol. The first kappa shape index (κ1) is 21.2. The SMILES string of the molecule is C=CC[Si](C)(C)O[Si](C)(C)O[Si](C)(C)O[Si](C)(C)CC=C. The van der Waals surface area contributed by atoms with Gasteiger partial charge in [-0.1, -0.05) is 12.2 Å². The maximum atomic E-state index is 6.42. The molecule has 0 saturated carbocycles. The van der Waals surface area contributed by atoms with E-state index in [1.807, 2.05) is 12.2 Å². The quantitative estimate of drug-likeness (QED) is 0.394. The molecule has 0 aliphatic rings. The van der Waals surface area contributed by atoms with E-state index in [4.69, 9.17) is 12.3 Å². The van der Waals surface area contributed by atoms with Gasteiger partial charge in [-0.3, -0.25) is 0 Å². The third-order valence-corrected chi connectivity index (χ3v) is 17.6. The van der Waals surface area contributed by atoms with Gasteiger partial charge in [0.1, 0.15) is 0 Å². The fraction of sp³-hybridized carbons (Fsp3) is 0.714. The largest absolute Gasteiger partial charge is 0.436 e. The molecule has 0 aromatic rings. The van der Waals surface area contributed by atoms with Crippen molar-refractivity contribution in [3.63, 3.8) is 0 Å². The van der Waals surface area contributed by atoms with Crippen LogP contribution in [0.15, 0.2) is 25.3 Å². The van der Waals surface area contributed by atoms with Gasteiger partial charge in [0.15, 0.2) is 16.6 Å². The van der Waals surface area contributed by atoms with Gasteiger partial charge in [0.2, 0.25) is 0 Å². The lowest BCUT2D eigenvalue weighted by Crippen LogP contribution is -2.56. The summed E-state index contributed by atoms with van der Waals surface area (Å²) in [5.41, 5.74) is 0. The van der Waals surface area contributed by atoms with Gasteiger partial charge in [0, 0.05) is 0 Å². The molecule has 124 valence electrons. The lowest BCUT2D eigenvalue weighted by Gasteiger charge is -2.40. The van der Waals surface area contributed by atoms with Crippen LogP contribution in [0.4, 0.5) is 0 Å². The van der Waals surface area contributed by atoms with Crippen molar-refractivity contribution < 1.29 is 12.3 Å². The first-order valence-electron chi connectivity index (χ1n) is 7.56. The fourth-order valence-electron chi connectivity index (χ4n) is 2.74. The van der Waals surface area contributed by atoms with Crippen molar-refractivity contribution in [3.05, 3.63) is 25.3 Å². The molecule has 0 spiro atoms. The summed E-state index contributed by atoms with van der Waals surface area (Å²) < 4.78 is 19.2. The Balaban J connectivity index is 4.82. The highest BCUT2D eigenvalue weighted by Gasteiger charge is 2.42. The van der Waals surface area contributed by atoms with E-state index >= 15 is 0 Å². The Morgan fingerprint density at radius 1 is 0.619 bits per heavy atom. The third kappa shape index (κ3) is 9.77. The van der Waals surface area contributed by atoms with Crippen LogP contribution in [0.1, 0.15) is 0 Å². The summed E-state index contributed by atoms with van der Waals surface area (Å²) >= 11 is 0. The van der Waals surface area contributed by atoms with Crippen LogP contribution in [0.2, 0.25) is 64.5 Å². The molecule has 0 radical (unpaired) electrons. The van der Waals surface area contributed by atoms with Crippen LogP contribution in [0, 0.1) is 0 Å². The number of allylic oxidation sites excluding steroid dienone is 2. The van der Waals surface area contributed by atoms with E-state index in [9.17, 15) is 0 Å². The molecule has 0 aromatic carbocycles. The van der Waals surface area contributed by atoms with Gasteiger partial charge in [-0.15, -0.1) is 13.2 Å². The van der Waals surface area contributed by atoms with Crippen molar-refractivity contribution >= 4 is 33.8 Å². The molecule has 0 amide bonds. The lowest BCUT2D eigenvalue weighted by molar-refractivity contribution is 0.329. The van der Waals surface area contributed by atoms with Gasteiger partial charge in [0.05, 0.1) is 0 Å². The summed E-state index contributed by atoms with van der Waals surface area (Å²) in [6.45, 7) is 25.1. The summed E-state index contributed by atoms with van der Waals surface area (Å²) in [7, 11) is -7.84. The van der Waals surface area contributed by atoms with E-state index in [-0.39, 0.29) is 0 Å². The molecule has 0 atom stereocenters. The molecular formula is C14H34O3Si4. The Bertz CT molecular complexity index is 331. The predicted octanol–water partition coefficient (Wildman–Crippen LogP) is 5.22. The highest BCUT2D eigenvalue weighted by atomic mass is 28.5. The van der Waals surface area contributed by atoms with Crippen LogP contribution in [-0.2, 0) is 12.3 Å². The van der Waals surface area contributed by atoms with E-state index in [1.54, 1.807) is 0 Å². The first-order chi connectivity index (χ1) is 9.24. The van der Waals surface area contributed by atoms with E-state index in [2.05, 4.69) is 65.5 Å². The second-order valence-electron chi connectivity index (χ2n) is 7.61. The van der Waals surface area contributed by atoms with Crippen molar-refractivity contribution in [1.82, 2.24) is 0 Å². The maximum absolute atomic E-state index is 6.42. The minimum absolute atomic E-state index is 0.951. The van der Waals surface area contributed by atoms with E-state index < -0.39 is 33.8 Å². The molecule has 0 aromatic heterocycles. The van der Waals surface area contributed by atoms with Crippen LogP contribution < -0.4 is 0 Å². The number of hydrogen-bond donors (Lipinski definition) is 0. The molecule has 0 aliphatic carbocycles. The zero-order chi connectivity index (χ0) is 16.9. The second-order valence-corrected chi connectivity index (χ2v) is 23.5. The summed E-state index contributed by atoms with van der Waals surface area (Å²) in [5.74, 6) is 0. The molecule has 0 bridgehead atoms. The molecule has 0 aliphatic heterocycles. The molecule has 0 rings (SSSR count). The van der Waals surface area contributed by atoms with Crippen molar-refractivity contribution in [1.29, 1.82) is 0 Å². The van der Waals surface area contributed by atoms with E-state index in [0.29, 0.717) is 0 Å². The van der Waals surface area contributed by atoms with Gasteiger partial charge in [-0.05, 0) is 64.5 Å². The van der Waals surface area contributed by atoms with Gasteiger partial charge in [-0.25, -0.2) is 0 Å². The lowest BCUT2D eigenvalue weighted by atomic mass is 10.8. The van der Waals surface area contributed by atoms with Gasteiger partial charge >= 0.3 is 17.1 Å². The first-order valence-corrected chi connectivity index (χ1v) is 19.4. The highest BCUT2D eigenvalue weighted by molar-refractivity contribution is 6.89. The summed E-state index contributed by atoms with van der Waals surface area (Å²) in [6, 6.07) is 1.90. The topological polar surface area (TPSA) is 27.7 Å². The van der Waals surface area contributed by atoms with Crippen molar-refractivity contribution in [2.75, 3.05) is 0 Å². The molecular weight excluding hydrogens is 328 g/mol. The monoisotopic (exact) mass is 362 g/mol. The van der Waals surface area contributed by atoms with Gasteiger partial charge < -0.3 is 12.3 Å². The Hall–Kier alpha value is 0.228. The minimum Gasteiger partial charge on any atom is -0.436 e. The molecule has 3 nitrogen and oxygen atoms in total. The molecule has 0 fully saturated rings. The normalized spacial score (nSPS) is 14.1. The van der Waals surface area contributed by atoms with Crippen LogP contribution in [0.3, 0.4) is 0 Å². The Labute approximate surface area is 136 Å². The van der Waals surface area contributed by atoms with Gasteiger partial charge in [0.25, 0.3) is 0 Å². The Morgan fingerprint density at radius 3 is 1.14 bits per heavy atom. The van der Waals surface area contributed by atoms with Crippen molar-refractivity contribution in [3.8, 4) is 0 Å². The van der Waals surface area contributed by atoms with Crippen LogP contribution in [-0.4, -0.2) is 33.8 Å². The summed E-state index contributed by atoms with van der Waals surface area (Å²) in [6.07, 6.45) is 3.91. The number of hydrogen-bond acceptors (Lipinski definition) is 3. The number of rotatable bonds is 10. The molecule has 0 saturated heterocycles. The molecule has 21 heavy (non-hydrogen) atoms. The van der Waals surface area contributed by atoms with Crippen LogP contribution in [0.5, 0.6) is 0 Å². The standard InChI is InChI=1S/C14H34O3Si4/c1-11-13-18(3,4)15-20(7,8)17-21(9,10)16-19(5,6)14-12-2/h11-12H,1-2,13-14H2,3-10H3. The molecule has 0 heterocycles. The third-order valence-electron chi connectivity index (χ3n) is 2.81. The highest BCUT2D eigenvalue weighted by Crippen LogP contribution is 2.26. The second kappa shape index (κ2) is 7.67.